The van der Waals surface area contributed by atoms with Crippen molar-refractivity contribution in [3.8, 4) is 0 Å². The standard InChI is InChI=1S/C5H12N4/c6-5(7)9-4-1-2-8-3-4/h4,8H,1-3H2,(H4,6,7,9). The first-order chi connectivity index (χ1) is 4.29. The Morgan fingerprint density at radius 1 is 1.56 bits per heavy atom. The van der Waals surface area contributed by atoms with Crippen LogP contribution in [0.3, 0.4) is 0 Å². The summed E-state index contributed by atoms with van der Waals surface area (Å²) < 4.78 is 0. The van der Waals surface area contributed by atoms with Crippen LogP contribution >= 0.6 is 0 Å². The summed E-state index contributed by atoms with van der Waals surface area (Å²) in [6, 6.07) is 0.315. The number of rotatable bonds is 1. The molecule has 0 aromatic rings. The first-order valence-electron chi connectivity index (χ1n) is 3.08. The third-order valence-corrected chi connectivity index (χ3v) is 1.37. The van der Waals surface area contributed by atoms with Crippen LogP contribution in [0.15, 0.2) is 4.99 Å². The van der Waals surface area contributed by atoms with Gasteiger partial charge < -0.3 is 16.8 Å². The van der Waals surface area contributed by atoms with Gasteiger partial charge in [0.1, 0.15) is 0 Å². The number of nitrogens with two attached hydrogens (primary N) is 2. The highest BCUT2D eigenvalue weighted by Gasteiger charge is 2.11. The predicted octanol–water partition coefficient (Wildman–Crippen LogP) is -1.38. The highest BCUT2D eigenvalue weighted by atomic mass is 15.0. The maximum atomic E-state index is 5.17. The largest absolute Gasteiger partial charge is 0.370 e. The second kappa shape index (κ2) is 2.68. The maximum Gasteiger partial charge on any atom is 0.186 e. The zero-order valence-electron chi connectivity index (χ0n) is 5.30. The Bertz CT molecular complexity index is 110. The molecule has 5 N–H and O–H groups in total. The Labute approximate surface area is 54.3 Å². The smallest absolute Gasteiger partial charge is 0.186 e. The zero-order chi connectivity index (χ0) is 6.69. The molecule has 1 fully saturated rings. The van der Waals surface area contributed by atoms with Crippen LogP contribution in [-0.2, 0) is 0 Å². The van der Waals surface area contributed by atoms with Gasteiger partial charge in [-0.25, -0.2) is 4.99 Å². The van der Waals surface area contributed by atoms with Crippen LogP contribution in [-0.4, -0.2) is 25.1 Å². The number of hydrogen-bond donors (Lipinski definition) is 3. The van der Waals surface area contributed by atoms with Crippen LogP contribution in [0.5, 0.6) is 0 Å². The first-order valence-corrected chi connectivity index (χ1v) is 3.08. The summed E-state index contributed by atoms with van der Waals surface area (Å²) in [5, 5.41) is 3.16. The molecule has 0 aromatic carbocycles. The van der Waals surface area contributed by atoms with Gasteiger partial charge in [0, 0.05) is 6.54 Å². The summed E-state index contributed by atoms with van der Waals surface area (Å²) >= 11 is 0. The fourth-order valence-corrected chi connectivity index (χ4v) is 0.960. The molecule has 1 aliphatic heterocycles. The average molecular weight is 128 g/mol. The van der Waals surface area contributed by atoms with Crippen LogP contribution in [0.2, 0.25) is 0 Å². The van der Waals surface area contributed by atoms with E-state index in [1.54, 1.807) is 0 Å². The lowest BCUT2D eigenvalue weighted by Gasteiger charge is -1.99. The van der Waals surface area contributed by atoms with Crippen molar-refractivity contribution < 1.29 is 0 Å². The number of aliphatic imine (C=N–C) groups is 1. The van der Waals surface area contributed by atoms with Crippen LogP contribution in [0.25, 0.3) is 0 Å². The molecular formula is C5H12N4. The van der Waals surface area contributed by atoms with Crippen LogP contribution < -0.4 is 16.8 Å². The molecule has 0 aromatic heterocycles. The van der Waals surface area contributed by atoms with Crippen molar-refractivity contribution in [2.45, 2.75) is 12.5 Å². The summed E-state index contributed by atoms with van der Waals surface area (Å²) in [6.07, 6.45) is 1.05. The van der Waals surface area contributed by atoms with Crippen LogP contribution in [0.4, 0.5) is 0 Å². The maximum absolute atomic E-state index is 5.17. The molecule has 52 valence electrons. The van der Waals surface area contributed by atoms with E-state index in [4.69, 9.17) is 11.5 Å². The quantitative estimate of drug-likeness (QED) is 0.301. The van der Waals surface area contributed by atoms with Gasteiger partial charge in [-0.2, -0.15) is 0 Å². The molecule has 1 rings (SSSR count). The number of nitrogens with one attached hydrogen (secondary N) is 1. The molecule has 1 aliphatic rings. The molecule has 0 radical (unpaired) electrons. The van der Waals surface area contributed by atoms with E-state index in [1.165, 1.54) is 0 Å². The first kappa shape index (κ1) is 6.35. The Hall–Kier alpha value is -0.770. The molecule has 1 unspecified atom stereocenters. The molecule has 4 nitrogen and oxygen atoms in total. The molecule has 1 atom stereocenters. The van der Waals surface area contributed by atoms with Crippen molar-refractivity contribution in [3.63, 3.8) is 0 Å². The minimum atomic E-state index is 0.198. The topological polar surface area (TPSA) is 76.4 Å². The highest BCUT2D eigenvalue weighted by Crippen LogP contribution is 2.00. The van der Waals surface area contributed by atoms with Crippen molar-refractivity contribution in [1.29, 1.82) is 0 Å². The van der Waals surface area contributed by atoms with Gasteiger partial charge in [0.15, 0.2) is 5.96 Å². The van der Waals surface area contributed by atoms with Gasteiger partial charge in [-0.05, 0) is 13.0 Å². The lowest BCUT2D eigenvalue weighted by Crippen LogP contribution is -2.26. The highest BCUT2D eigenvalue weighted by molar-refractivity contribution is 5.75. The van der Waals surface area contributed by atoms with Crippen molar-refractivity contribution >= 4 is 5.96 Å². The molecular weight excluding hydrogens is 116 g/mol. The summed E-state index contributed by atoms with van der Waals surface area (Å²) in [7, 11) is 0. The summed E-state index contributed by atoms with van der Waals surface area (Å²) in [6.45, 7) is 1.94. The van der Waals surface area contributed by atoms with Crippen molar-refractivity contribution in [1.82, 2.24) is 5.32 Å². The second-order valence-corrected chi connectivity index (χ2v) is 2.20. The predicted molar refractivity (Wildman–Crippen MR) is 37.1 cm³/mol. The fourth-order valence-electron chi connectivity index (χ4n) is 0.960. The molecule has 9 heavy (non-hydrogen) atoms. The van der Waals surface area contributed by atoms with Gasteiger partial charge in [-0.15, -0.1) is 0 Å². The fraction of sp³-hybridized carbons (Fsp3) is 0.800. The van der Waals surface area contributed by atoms with Crippen LogP contribution in [0.1, 0.15) is 6.42 Å². The summed E-state index contributed by atoms with van der Waals surface area (Å²) in [5.74, 6) is 0.198. The Kier molecular flexibility index (Phi) is 1.89. The van der Waals surface area contributed by atoms with E-state index in [2.05, 4.69) is 10.3 Å². The minimum Gasteiger partial charge on any atom is -0.370 e. The second-order valence-electron chi connectivity index (χ2n) is 2.20. The van der Waals surface area contributed by atoms with E-state index in [1.807, 2.05) is 0 Å². The summed E-state index contributed by atoms with van der Waals surface area (Å²) in [5.41, 5.74) is 10.3. The van der Waals surface area contributed by atoms with Gasteiger partial charge in [0.2, 0.25) is 0 Å². The molecule has 0 bridgehead atoms. The van der Waals surface area contributed by atoms with E-state index in [9.17, 15) is 0 Å². The molecule has 1 saturated heterocycles. The lowest BCUT2D eigenvalue weighted by molar-refractivity contribution is 0.742. The number of nitrogens with zero attached hydrogens (tertiary/aromatic N) is 1. The van der Waals surface area contributed by atoms with Crippen LogP contribution in [0, 0.1) is 0 Å². The van der Waals surface area contributed by atoms with Crippen molar-refractivity contribution in [3.05, 3.63) is 0 Å². The van der Waals surface area contributed by atoms with E-state index in [0.29, 0.717) is 6.04 Å². The molecule has 0 spiro atoms. The van der Waals surface area contributed by atoms with Crippen molar-refractivity contribution in [2.24, 2.45) is 16.5 Å². The zero-order valence-corrected chi connectivity index (χ0v) is 5.30. The van der Waals surface area contributed by atoms with Gasteiger partial charge in [0.25, 0.3) is 0 Å². The lowest BCUT2D eigenvalue weighted by atomic mass is 10.3. The molecule has 0 saturated carbocycles. The van der Waals surface area contributed by atoms with Gasteiger partial charge in [-0.1, -0.05) is 0 Å². The minimum absolute atomic E-state index is 0.198. The number of guanidine groups is 1. The monoisotopic (exact) mass is 128 g/mol. The third-order valence-electron chi connectivity index (χ3n) is 1.37. The third kappa shape index (κ3) is 1.89. The van der Waals surface area contributed by atoms with E-state index < -0.39 is 0 Å². The summed E-state index contributed by atoms with van der Waals surface area (Å²) in [4.78, 5) is 3.99. The number of hydrogen-bond acceptors (Lipinski definition) is 2. The Morgan fingerprint density at radius 3 is 2.78 bits per heavy atom. The van der Waals surface area contributed by atoms with E-state index >= 15 is 0 Å². The SMILES string of the molecule is NC(N)=NC1CCNC1. The van der Waals surface area contributed by atoms with E-state index in [-0.39, 0.29) is 5.96 Å². The van der Waals surface area contributed by atoms with Gasteiger partial charge in [0.05, 0.1) is 6.04 Å². The molecule has 0 amide bonds. The normalized spacial score (nSPS) is 26.0. The molecule has 1 heterocycles. The Morgan fingerprint density at radius 2 is 2.33 bits per heavy atom. The van der Waals surface area contributed by atoms with Gasteiger partial charge in [-0.3, -0.25) is 0 Å². The molecule has 0 aliphatic carbocycles. The van der Waals surface area contributed by atoms with Crippen molar-refractivity contribution in [2.75, 3.05) is 13.1 Å². The Balaban J connectivity index is 2.35. The average Bonchev–Trinajstić information content (AvgIpc) is 2.15. The van der Waals surface area contributed by atoms with Gasteiger partial charge >= 0.3 is 0 Å². The molecule has 4 heteroatoms. The van der Waals surface area contributed by atoms with E-state index in [0.717, 1.165) is 19.5 Å².